The van der Waals surface area contributed by atoms with Crippen LogP contribution in [0.3, 0.4) is 0 Å². The van der Waals surface area contributed by atoms with Gasteiger partial charge >= 0.3 is 65.3 Å². The third-order valence-corrected chi connectivity index (χ3v) is 3.83. The Kier molecular flexibility index (Phi) is 10.8. The summed E-state index contributed by atoms with van der Waals surface area (Å²) in [6.45, 7) is 9.25. The van der Waals surface area contributed by atoms with Gasteiger partial charge in [0.05, 0.1) is 0 Å². The van der Waals surface area contributed by atoms with Crippen molar-refractivity contribution in [3.63, 3.8) is 0 Å². The standard InChI is InChI=1S/2C4H9.Al.H2S/c2*1-4(2)3;;/h2*4H,1H2,2-3H3;;1H2/q;;+1;/p-1. The van der Waals surface area contributed by atoms with Gasteiger partial charge in [0, 0.05) is 0 Å². The molecule has 0 aromatic carbocycles. The fourth-order valence-electron chi connectivity index (χ4n) is 0.763. The van der Waals surface area contributed by atoms with Gasteiger partial charge in [-0.05, 0) is 0 Å². The molecule has 0 nitrogen and oxygen atoms in total. The zero-order chi connectivity index (χ0) is 7.28. The van der Waals surface area contributed by atoms with Gasteiger partial charge < -0.3 is 13.5 Å². The van der Waals surface area contributed by atoms with Crippen LogP contribution in [-0.2, 0) is 13.5 Å². The van der Waals surface area contributed by atoms with E-state index in [1.165, 1.54) is 10.6 Å². The first-order valence-electron chi connectivity index (χ1n) is 3.94. The average Bonchev–Trinajstić information content (AvgIpc) is 1.63. The molecule has 0 aromatic heterocycles. The topological polar surface area (TPSA) is 0 Å². The predicted molar refractivity (Wildman–Crippen MR) is 53.8 cm³/mol. The number of hydrogen-bond donors (Lipinski definition) is 0. The molecule has 0 aliphatic heterocycles. The monoisotopic (exact) mass is 174 g/mol. The second-order valence-corrected chi connectivity index (χ2v) is 5.07. The first-order valence-corrected chi connectivity index (χ1v) is 5.58. The maximum Gasteiger partial charge on any atom is -0.813 e. The first-order chi connectivity index (χ1) is 4.13. The van der Waals surface area contributed by atoms with Gasteiger partial charge in [-0.25, -0.2) is 0 Å². The van der Waals surface area contributed by atoms with Gasteiger partial charge in [-0.1, -0.05) is 0 Å². The smallest absolute Gasteiger partial charge is 0.813 e. The Balaban J connectivity index is 0. The minimum Gasteiger partial charge on any atom is -0.813 e. The molecule has 0 N–H and O–H groups in total. The van der Waals surface area contributed by atoms with E-state index in [9.17, 15) is 0 Å². The summed E-state index contributed by atoms with van der Waals surface area (Å²) < 4.78 is 0. The van der Waals surface area contributed by atoms with Crippen LogP contribution in [0.1, 0.15) is 27.7 Å². The molecule has 10 heavy (non-hydrogen) atoms. The average molecular weight is 174 g/mol. The van der Waals surface area contributed by atoms with Crippen molar-refractivity contribution in [2.75, 3.05) is 0 Å². The van der Waals surface area contributed by atoms with Crippen molar-refractivity contribution in [1.29, 1.82) is 0 Å². The van der Waals surface area contributed by atoms with Crippen LogP contribution in [0.25, 0.3) is 0 Å². The van der Waals surface area contributed by atoms with E-state index >= 15 is 0 Å². The molecule has 0 saturated heterocycles. The van der Waals surface area contributed by atoms with Crippen molar-refractivity contribution in [2.24, 2.45) is 11.8 Å². The van der Waals surface area contributed by atoms with Crippen LogP contribution >= 0.6 is 0 Å². The largest absolute Gasteiger partial charge is 0.813 e. The van der Waals surface area contributed by atoms with Crippen LogP contribution in [0.5, 0.6) is 0 Å². The SMILES string of the molecule is CC(C)[CH2][Al+][CH2]C(C)C.[SH-]. The quantitative estimate of drug-likeness (QED) is 0.358. The Morgan fingerprint density at radius 2 is 1.20 bits per heavy atom. The molecule has 60 valence electrons. The molecule has 0 radical (unpaired) electrons. The van der Waals surface area contributed by atoms with Gasteiger partial charge in [0.25, 0.3) is 0 Å². The van der Waals surface area contributed by atoms with Crippen molar-refractivity contribution in [3.05, 3.63) is 0 Å². The second-order valence-electron chi connectivity index (χ2n) is 3.55. The van der Waals surface area contributed by atoms with E-state index in [1.54, 1.807) is 0 Å². The third kappa shape index (κ3) is 11.7. The minimum absolute atomic E-state index is 0. The molecule has 0 unspecified atom stereocenters. The fourth-order valence-corrected chi connectivity index (χ4v) is 2.29. The van der Waals surface area contributed by atoms with Crippen LogP contribution < -0.4 is 0 Å². The molecule has 0 saturated carbocycles. The summed E-state index contributed by atoms with van der Waals surface area (Å²) in [6, 6.07) is 0. The van der Waals surface area contributed by atoms with E-state index in [4.69, 9.17) is 0 Å². The Morgan fingerprint density at radius 1 is 0.900 bits per heavy atom. The van der Waals surface area contributed by atoms with E-state index < -0.39 is 0 Å². The van der Waals surface area contributed by atoms with Gasteiger partial charge in [-0.15, -0.1) is 0 Å². The molecule has 0 aliphatic rings. The molecule has 0 fully saturated rings. The van der Waals surface area contributed by atoms with E-state index in [0.717, 1.165) is 27.1 Å². The maximum absolute atomic E-state index is 2.31. The molecule has 0 aromatic rings. The fraction of sp³-hybridized carbons (Fsp3) is 1.00. The van der Waals surface area contributed by atoms with E-state index in [2.05, 4.69) is 27.7 Å². The van der Waals surface area contributed by atoms with Gasteiger partial charge in [-0.3, -0.25) is 0 Å². The summed E-state index contributed by atoms with van der Waals surface area (Å²) in [7, 11) is 0. The predicted octanol–water partition coefficient (Wildman–Crippen LogP) is 2.57. The first kappa shape index (κ1) is 13.5. The van der Waals surface area contributed by atoms with Gasteiger partial charge in [0.15, 0.2) is 0 Å². The normalized spacial score (nSPS) is 9.40. The van der Waals surface area contributed by atoms with Gasteiger partial charge in [0.1, 0.15) is 0 Å². The van der Waals surface area contributed by atoms with Gasteiger partial charge in [0.2, 0.25) is 0 Å². The molecule has 2 heteroatoms. The zero-order valence-corrected chi connectivity index (χ0v) is 9.64. The number of rotatable bonds is 4. The maximum atomic E-state index is 2.31. The number of hydrogen-bond acceptors (Lipinski definition) is 1. The molecule has 0 spiro atoms. The molecule has 0 heterocycles. The minimum atomic E-state index is 0. The summed E-state index contributed by atoms with van der Waals surface area (Å²) in [6.07, 6.45) is 0. The molecular formula is C8H19AlS. The summed E-state index contributed by atoms with van der Waals surface area (Å²) in [5.74, 6) is 1.86. The Hall–Kier alpha value is 0.882. The Bertz CT molecular complexity index is 54.3. The molecular weight excluding hydrogens is 155 g/mol. The molecule has 0 amide bonds. The Morgan fingerprint density at radius 3 is 1.40 bits per heavy atom. The molecule has 0 rings (SSSR count). The van der Waals surface area contributed by atoms with Crippen LogP contribution in [0.15, 0.2) is 0 Å². The summed E-state index contributed by atoms with van der Waals surface area (Å²) in [5, 5.41) is 2.97. The summed E-state index contributed by atoms with van der Waals surface area (Å²) in [5.41, 5.74) is 0. The van der Waals surface area contributed by atoms with Crippen LogP contribution in [0.4, 0.5) is 0 Å². The van der Waals surface area contributed by atoms with E-state index in [1.807, 2.05) is 0 Å². The van der Waals surface area contributed by atoms with Crippen LogP contribution in [0, 0.1) is 11.8 Å². The van der Waals surface area contributed by atoms with Crippen molar-refractivity contribution in [3.8, 4) is 0 Å². The molecule has 0 aliphatic carbocycles. The van der Waals surface area contributed by atoms with E-state index in [-0.39, 0.29) is 13.5 Å². The van der Waals surface area contributed by atoms with Gasteiger partial charge in [-0.2, -0.15) is 0 Å². The molecule has 0 atom stereocenters. The van der Waals surface area contributed by atoms with Crippen molar-refractivity contribution >= 4 is 28.7 Å². The summed E-state index contributed by atoms with van der Waals surface area (Å²) in [4.78, 5) is 0. The van der Waals surface area contributed by atoms with Crippen LogP contribution in [-0.4, -0.2) is 15.2 Å². The molecule has 0 bridgehead atoms. The Labute approximate surface area is 78.9 Å². The van der Waals surface area contributed by atoms with Crippen molar-refractivity contribution < 1.29 is 0 Å². The van der Waals surface area contributed by atoms with Crippen molar-refractivity contribution in [2.45, 2.75) is 38.3 Å². The third-order valence-electron chi connectivity index (χ3n) is 1.28. The number of thiol groups is 1. The van der Waals surface area contributed by atoms with Crippen LogP contribution in [0.2, 0.25) is 10.6 Å². The summed E-state index contributed by atoms with van der Waals surface area (Å²) >= 11 is 0.755. The van der Waals surface area contributed by atoms with Crippen molar-refractivity contribution in [1.82, 2.24) is 0 Å². The second kappa shape index (κ2) is 7.98. The van der Waals surface area contributed by atoms with E-state index in [0.29, 0.717) is 0 Å². The zero-order valence-electron chi connectivity index (χ0n) is 7.59.